The van der Waals surface area contributed by atoms with Gasteiger partial charge in [-0.05, 0) is 6.42 Å². The summed E-state index contributed by atoms with van der Waals surface area (Å²) in [7, 11) is 0. The highest BCUT2D eigenvalue weighted by Crippen LogP contribution is 2.10. The number of nitrogens with zero attached hydrogens (tertiary/aromatic N) is 3. The third kappa shape index (κ3) is 3.30. The fourth-order valence-electron chi connectivity index (χ4n) is 1.66. The molecule has 2 heterocycles. The lowest BCUT2D eigenvalue weighted by molar-refractivity contribution is -0.121. The van der Waals surface area contributed by atoms with Crippen LogP contribution in [0.4, 0.5) is 0 Å². The lowest BCUT2D eigenvalue weighted by atomic mass is 10.1. The van der Waals surface area contributed by atoms with E-state index in [0.717, 1.165) is 26.2 Å². The SMILES string of the molecule is O=C(CCn1cncn1)NCC1CCOC1. The topological polar surface area (TPSA) is 69.0 Å². The molecule has 1 N–H and O–H groups in total. The first-order valence-electron chi connectivity index (χ1n) is 5.51. The van der Waals surface area contributed by atoms with Crippen molar-refractivity contribution in [2.24, 2.45) is 5.92 Å². The molecule has 0 saturated carbocycles. The van der Waals surface area contributed by atoms with Gasteiger partial charge in [0.1, 0.15) is 12.7 Å². The molecule has 0 aromatic carbocycles. The molecule has 2 rings (SSSR count). The monoisotopic (exact) mass is 224 g/mol. The standard InChI is InChI=1S/C10H16N4O2/c15-10(1-3-14-8-11-7-13-14)12-5-9-2-4-16-6-9/h7-9H,1-6H2,(H,12,15). The van der Waals surface area contributed by atoms with Crippen LogP contribution in [0.25, 0.3) is 0 Å². The fourth-order valence-corrected chi connectivity index (χ4v) is 1.66. The van der Waals surface area contributed by atoms with E-state index in [9.17, 15) is 4.79 Å². The molecule has 6 nitrogen and oxygen atoms in total. The second kappa shape index (κ2) is 5.60. The van der Waals surface area contributed by atoms with Crippen molar-refractivity contribution < 1.29 is 9.53 Å². The summed E-state index contributed by atoms with van der Waals surface area (Å²) >= 11 is 0. The maximum atomic E-state index is 11.5. The molecule has 1 aliphatic rings. The number of hydrogen-bond donors (Lipinski definition) is 1. The van der Waals surface area contributed by atoms with Crippen molar-refractivity contribution in [1.82, 2.24) is 20.1 Å². The molecule has 6 heteroatoms. The predicted octanol–water partition coefficient (Wildman–Crippen LogP) is -0.179. The van der Waals surface area contributed by atoms with Gasteiger partial charge in [0, 0.05) is 25.5 Å². The Morgan fingerprint density at radius 2 is 2.56 bits per heavy atom. The molecule has 1 unspecified atom stereocenters. The van der Waals surface area contributed by atoms with E-state index in [2.05, 4.69) is 15.4 Å². The summed E-state index contributed by atoms with van der Waals surface area (Å²) in [5.41, 5.74) is 0. The number of aromatic nitrogens is 3. The van der Waals surface area contributed by atoms with E-state index in [1.807, 2.05) is 0 Å². The molecule has 1 aliphatic heterocycles. The lowest BCUT2D eigenvalue weighted by Crippen LogP contribution is -2.30. The van der Waals surface area contributed by atoms with Gasteiger partial charge in [0.15, 0.2) is 0 Å². The summed E-state index contributed by atoms with van der Waals surface area (Å²) in [5.74, 6) is 0.540. The van der Waals surface area contributed by atoms with Gasteiger partial charge in [0.25, 0.3) is 0 Å². The maximum Gasteiger partial charge on any atom is 0.221 e. The first-order valence-corrected chi connectivity index (χ1v) is 5.51. The highest BCUT2D eigenvalue weighted by atomic mass is 16.5. The molecular weight excluding hydrogens is 208 g/mol. The summed E-state index contributed by atoms with van der Waals surface area (Å²) in [6.45, 7) is 2.88. The minimum atomic E-state index is 0.0578. The van der Waals surface area contributed by atoms with Gasteiger partial charge in [-0.25, -0.2) is 4.98 Å². The van der Waals surface area contributed by atoms with Crippen LogP contribution in [-0.2, 0) is 16.1 Å². The van der Waals surface area contributed by atoms with E-state index >= 15 is 0 Å². The molecule has 1 fully saturated rings. The van der Waals surface area contributed by atoms with E-state index in [1.54, 1.807) is 11.0 Å². The van der Waals surface area contributed by atoms with Gasteiger partial charge in [-0.1, -0.05) is 0 Å². The van der Waals surface area contributed by atoms with E-state index in [0.29, 0.717) is 18.9 Å². The number of ether oxygens (including phenoxy) is 1. The molecule has 1 amide bonds. The van der Waals surface area contributed by atoms with Crippen LogP contribution in [0, 0.1) is 5.92 Å². The largest absolute Gasteiger partial charge is 0.381 e. The summed E-state index contributed by atoms with van der Waals surface area (Å²) < 4.78 is 6.89. The Bertz CT molecular complexity index is 320. The Labute approximate surface area is 94.0 Å². The molecule has 1 aromatic rings. The Kier molecular flexibility index (Phi) is 3.87. The van der Waals surface area contributed by atoms with Crippen LogP contribution in [0.3, 0.4) is 0 Å². The Hall–Kier alpha value is -1.43. The molecule has 0 bridgehead atoms. The zero-order valence-corrected chi connectivity index (χ0v) is 9.13. The first-order chi connectivity index (χ1) is 7.84. The Balaban J connectivity index is 1.60. The zero-order valence-electron chi connectivity index (χ0n) is 9.13. The molecule has 0 radical (unpaired) electrons. The second-order valence-corrected chi connectivity index (χ2v) is 3.94. The number of aryl methyl sites for hydroxylation is 1. The molecule has 88 valence electrons. The van der Waals surface area contributed by atoms with Crippen LogP contribution in [0.2, 0.25) is 0 Å². The molecular formula is C10H16N4O2. The summed E-state index contributed by atoms with van der Waals surface area (Å²) in [6.07, 6.45) is 4.56. The van der Waals surface area contributed by atoms with Crippen LogP contribution in [0.15, 0.2) is 12.7 Å². The Morgan fingerprint density at radius 3 is 3.25 bits per heavy atom. The molecule has 16 heavy (non-hydrogen) atoms. The van der Waals surface area contributed by atoms with E-state index < -0.39 is 0 Å². The predicted molar refractivity (Wildman–Crippen MR) is 56.6 cm³/mol. The van der Waals surface area contributed by atoms with Gasteiger partial charge in [0.2, 0.25) is 5.91 Å². The highest BCUT2D eigenvalue weighted by Gasteiger charge is 2.16. The third-order valence-electron chi connectivity index (χ3n) is 2.65. The van der Waals surface area contributed by atoms with Crippen molar-refractivity contribution in [3.05, 3.63) is 12.7 Å². The molecule has 1 atom stereocenters. The van der Waals surface area contributed by atoms with E-state index in [1.165, 1.54) is 6.33 Å². The second-order valence-electron chi connectivity index (χ2n) is 3.94. The van der Waals surface area contributed by atoms with Gasteiger partial charge in [-0.3, -0.25) is 9.48 Å². The summed E-state index contributed by atoms with van der Waals surface area (Å²) in [4.78, 5) is 15.3. The Morgan fingerprint density at radius 1 is 1.62 bits per heavy atom. The minimum absolute atomic E-state index is 0.0578. The van der Waals surface area contributed by atoms with Gasteiger partial charge in [-0.15, -0.1) is 0 Å². The number of rotatable bonds is 5. The number of amides is 1. The van der Waals surface area contributed by atoms with Crippen LogP contribution in [0.5, 0.6) is 0 Å². The lowest BCUT2D eigenvalue weighted by Gasteiger charge is -2.09. The van der Waals surface area contributed by atoms with Crippen molar-refractivity contribution in [1.29, 1.82) is 0 Å². The smallest absolute Gasteiger partial charge is 0.221 e. The van der Waals surface area contributed by atoms with Gasteiger partial charge in [0.05, 0.1) is 13.2 Å². The zero-order chi connectivity index (χ0) is 11.2. The molecule has 1 saturated heterocycles. The molecule has 0 spiro atoms. The van der Waals surface area contributed by atoms with Crippen molar-refractivity contribution in [2.45, 2.75) is 19.4 Å². The quantitative estimate of drug-likeness (QED) is 0.753. The summed E-state index contributed by atoms with van der Waals surface area (Å²) in [5, 5.41) is 6.84. The van der Waals surface area contributed by atoms with Crippen molar-refractivity contribution in [3.8, 4) is 0 Å². The first kappa shape index (κ1) is 11.1. The van der Waals surface area contributed by atoms with Gasteiger partial charge in [-0.2, -0.15) is 5.10 Å². The average molecular weight is 224 g/mol. The highest BCUT2D eigenvalue weighted by molar-refractivity contribution is 5.75. The van der Waals surface area contributed by atoms with Crippen LogP contribution >= 0.6 is 0 Å². The third-order valence-corrected chi connectivity index (χ3v) is 2.65. The minimum Gasteiger partial charge on any atom is -0.381 e. The normalized spacial score (nSPS) is 19.9. The van der Waals surface area contributed by atoms with E-state index in [4.69, 9.17) is 4.74 Å². The van der Waals surface area contributed by atoms with E-state index in [-0.39, 0.29) is 5.91 Å². The molecule has 0 aliphatic carbocycles. The van der Waals surface area contributed by atoms with Gasteiger partial charge < -0.3 is 10.1 Å². The maximum absolute atomic E-state index is 11.5. The number of carbonyl (C=O) groups excluding carboxylic acids is 1. The number of carbonyl (C=O) groups is 1. The van der Waals surface area contributed by atoms with Crippen LogP contribution in [0.1, 0.15) is 12.8 Å². The van der Waals surface area contributed by atoms with Crippen molar-refractivity contribution in [3.63, 3.8) is 0 Å². The number of nitrogens with one attached hydrogen (secondary N) is 1. The average Bonchev–Trinajstić information content (AvgIpc) is 2.96. The van der Waals surface area contributed by atoms with Gasteiger partial charge >= 0.3 is 0 Å². The van der Waals surface area contributed by atoms with Crippen LogP contribution in [-0.4, -0.2) is 40.4 Å². The van der Waals surface area contributed by atoms with Crippen molar-refractivity contribution >= 4 is 5.91 Å². The van der Waals surface area contributed by atoms with Crippen molar-refractivity contribution in [2.75, 3.05) is 19.8 Å². The number of hydrogen-bond acceptors (Lipinski definition) is 4. The fraction of sp³-hybridized carbons (Fsp3) is 0.700. The summed E-state index contributed by atoms with van der Waals surface area (Å²) in [6, 6.07) is 0. The van der Waals surface area contributed by atoms with Crippen LogP contribution < -0.4 is 5.32 Å². The molecule has 1 aromatic heterocycles.